The Morgan fingerprint density at radius 2 is 2.33 bits per heavy atom. The van der Waals surface area contributed by atoms with Crippen LogP contribution in [0.15, 0.2) is 24.3 Å². The van der Waals surface area contributed by atoms with Crippen molar-refractivity contribution < 1.29 is 14.5 Å². The van der Waals surface area contributed by atoms with Crippen LogP contribution in [0, 0.1) is 10.1 Å². The summed E-state index contributed by atoms with van der Waals surface area (Å²) in [4.78, 5) is 21.7. The number of ether oxygens (including phenoxy) is 1. The summed E-state index contributed by atoms with van der Waals surface area (Å²) in [6, 6.07) is 5.41. The molecular formula is C11H13N3O4. The lowest BCUT2D eigenvalue weighted by atomic mass is 10.2. The largest absolute Gasteiger partial charge is 0.379 e. The number of rotatable bonds is 3. The quantitative estimate of drug-likeness (QED) is 0.628. The van der Waals surface area contributed by atoms with Gasteiger partial charge >= 0.3 is 6.03 Å². The van der Waals surface area contributed by atoms with Crippen LogP contribution in [0.5, 0.6) is 0 Å². The molecule has 0 saturated carbocycles. The average molecular weight is 251 g/mol. The highest BCUT2D eigenvalue weighted by atomic mass is 16.6. The number of carbonyl (C=O) groups is 1. The molecule has 18 heavy (non-hydrogen) atoms. The number of amides is 2. The van der Waals surface area contributed by atoms with Gasteiger partial charge in [0, 0.05) is 24.4 Å². The van der Waals surface area contributed by atoms with Gasteiger partial charge in [0.05, 0.1) is 17.6 Å². The van der Waals surface area contributed by atoms with E-state index in [-0.39, 0.29) is 17.8 Å². The fourth-order valence-corrected chi connectivity index (χ4v) is 1.70. The molecule has 1 fully saturated rings. The van der Waals surface area contributed by atoms with E-state index < -0.39 is 4.92 Å². The summed E-state index contributed by atoms with van der Waals surface area (Å²) >= 11 is 0. The van der Waals surface area contributed by atoms with Crippen molar-refractivity contribution in [2.24, 2.45) is 0 Å². The molecule has 0 aliphatic carbocycles. The molecule has 0 bridgehead atoms. The molecule has 1 atom stereocenters. The number of urea groups is 1. The molecule has 2 amide bonds. The van der Waals surface area contributed by atoms with Gasteiger partial charge < -0.3 is 15.4 Å². The van der Waals surface area contributed by atoms with Crippen LogP contribution in [0.25, 0.3) is 0 Å². The summed E-state index contributed by atoms with van der Waals surface area (Å²) in [6.07, 6.45) is 0.780. The lowest BCUT2D eigenvalue weighted by Crippen LogP contribution is -2.38. The van der Waals surface area contributed by atoms with Crippen molar-refractivity contribution in [1.29, 1.82) is 0 Å². The number of nitro benzene ring substituents is 1. The van der Waals surface area contributed by atoms with E-state index in [9.17, 15) is 14.9 Å². The van der Waals surface area contributed by atoms with Crippen molar-refractivity contribution >= 4 is 17.4 Å². The van der Waals surface area contributed by atoms with Crippen molar-refractivity contribution in [2.45, 2.75) is 12.5 Å². The third kappa shape index (κ3) is 3.17. The van der Waals surface area contributed by atoms with Gasteiger partial charge in [-0.3, -0.25) is 10.1 Å². The van der Waals surface area contributed by atoms with Crippen LogP contribution in [0.3, 0.4) is 0 Å². The Labute approximate surface area is 103 Å². The second-order valence-corrected chi connectivity index (χ2v) is 3.97. The summed E-state index contributed by atoms with van der Waals surface area (Å²) < 4.78 is 5.13. The maximum absolute atomic E-state index is 11.6. The van der Waals surface area contributed by atoms with Crippen LogP contribution in [-0.4, -0.2) is 30.2 Å². The number of nitrogens with zero attached hydrogens (tertiary/aromatic N) is 1. The molecule has 1 aliphatic rings. The monoisotopic (exact) mass is 251 g/mol. The molecule has 0 aromatic heterocycles. The maximum Gasteiger partial charge on any atom is 0.319 e. The Kier molecular flexibility index (Phi) is 3.73. The first kappa shape index (κ1) is 12.3. The van der Waals surface area contributed by atoms with Gasteiger partial charge in [-0.1, -0.05) is 6.07 Å². The van der Waals surface area contributed by atoms with E-state index in [1.165, 1.54) is 18.2 Å². The molecule has 1 heterocycles. The van der Waals surface area contributed by atoms with E-state index in [1.54, 1.807) is 6.07 Å². The molecule has 7 heteroatoms. The second kappa shape index (κ2) is 5.46. The summed E-state index contributed by atoms with van der Waals surface area (Å²) in [6.45, 7) is 1.14. The van der Waals surface area contributed by atoms with Crippen molar-refractivity contribution in [3.63, 3.8) is 0 Å². The second-order valence-electron chi connectivity index (χ2n) is 3.97. The minimum Gasteiger partial charge on any atom is -0.379 e. The number of benzene rings is 1. The molecule has 1 aromatic rings. The van der Waals surface area contributed by atoms with Gasteiger partial charge in [0.25, 0.3) is 5.69 Å². The normalized spacial score (nSPS) is 18.3. The molecule has 7 nitrogen and oxygen atoms in total. The van der Waals surface area contributed by atoms with Gasteiger partial charge in [-0.15, -0.1) is 0 Å². The number of nitro groups is 1. The molecule has 1 aliphatic heterocycles. The standard InChI is InChI=1S/C11H13N3O4/c15-11(13-9-4-5-18-7-9)12-8-2-1-3-10(6-8)14(16)17/h1-3,6,9H,4-5,7H2,(H2,12,13,15). The first-order valence-corrected chi connectivity index (χ1v) is 5.55. The van der Waals surface area contributed by atoms with E-state index in [0.717, 1.165) is 6.42 Å². The summed E-state index contributed by atoms with van der Waals surface area (Å²) in [5, 5.41) is 15.9. The molecule has 0 radical (unpaired) electrons. The first-order valence-electron chi connectivity index (χ1n) is 5.55. The third-order valence-electron chi connectivity index (χ3n) is 2.58. The molecule has 1 aromatic carbocycles. The number of hydrogen-bond donors (Lipinski definition) is 2. The topological polar surface area (TPSA) is 93.5 Å². The lowest BCUT2D eigenvalue weighted by molar-refractivity contribution is -0.384. The van der Waals surface area contributed by atoms with E-state index in [1.807, 2.05) is 0 Å². The smallest absolute Gasteiger partial charge is 0.319 e. The zero-order chi connectivity index (χ0) is 13.0. The third-order valence-corrected chi connectivity index (χ3v) is 2.58. The molecule has 96 valence electrons. The first-order chi connectivity index (χ1) is 8.65. The van der Waals surface area contributed by atoms with Crippen molar-refractivity contribution in [1.82, 2.24) is 5.32 Å². The van der Waals surface area contributed by atoms with Crippen LogP contribution < -0.4 is 10.6 Å². The van der Waals surface area contributed by atoms with Gasteiger partial charge in [-0.25, -0.2) is 4.79 Å². The van der Waals surface area contributed by atoms with Gasteiger partial charge in [0.15, 0.2) is 0 Å². The van der Waals surface area contributed by atoms with Gasteiger partial charge in [0.1, 0.15) is 0 Å². The Balaban J connectivity index is 1.93. The lowest BCUT2D eigenvalue weighted by Gasteiger charge is -2.11. The van der Waals surface area contributed by atoms with Crippen LogP contribution in [0.4, 0.5) is 16.2 Å². The molecule has 1 unspecified atom stereocenters. The Hall–Kier alpha value is -2.15. The van der Waals surface area contributed by atoms with E-state index in [4.69, 9.17) is 4.74 Å². The summed E-state index contributed by atoms with van der Waals surface area (Å²) in [5.41, 5.74) is 0.331. The average Bonchev–Trinajstić information content (AvgIpc) is 2.82. The SMILES string of the molecule is O=C(Nc1cccc([N+](=O)[O-])c1)NC1CCOC1. The van der Waals surface area contributed by atoms with Crippen molar-refractivity contribution in [3.8, 4) is 0 Å². The zero-order valence-electron chi connectivity index (χ0n) is 9.59. The number of hydrogen-bond acceptors (Lipinski definition) is 4. The number of non-ortho nitro benzene ring substituents is 1. The fourth-order valence-electron chi connectivity index (χ4n) is 1.70. The molecule has 0 spiro atoms. The number of nitrogens with one attached hydrogen (secondary N) is 2. The number of carbonyl (C=O) groups excluding carboxylic acids is 1. The van der Waals surface area contributed by atoms with Crippen LogP contribution >= 0.6 is 0 Å². The Bertz CT molecular complexity index is 457. The minimum atomic E-state index is -0.506. The highest BCUT2D eigenvalue weighted by Gasteiger charge is 2.17. The van der Waals surface area contributed by atoms with Gasteiger partial charge in [-0.2, -0.15) is 0 Å². The summed E-state index contributed by atoms with van der Waals surface area (Å²) in [5.74, 6) is 0. The Morgan fingerprint density at radius 3 is 3.00 bits per heavy atom. The van der Waals surface area contributed by atoms with E-state index >= 15 is 0 Å². The van der Waals surface area contributed by atoms with Crippen LogP contribution in [0.2, 0.25) is 0 Å². The Morgan fingerprint density at radius 1 is 1.50 bits per heavy atom. The molecular weight excluding hydrogens is 238 g/mol. The highest BCUT2D eigenvalue weighted by Crippen LogP contribution is 2.16. The van der Waals surface area contributed by atoms with Crippen LogP contribution in [0.1, 0.15) is 6.42 Å². The summed E-state index contributed by atoms with van der Waals surface area (Å²) in [7, 11) is 0. The van der Waals surface area contributed by atoms with E-state index in [0.29, 0.717) is 18.9 Å². The van der Waals surface area contributed by atoms with Crippen molar-refractivity contribution in [2.75, 3.05) is 18.5 Å². The van der Waals surface area contributed by atoms with Crippen LogP contribution in [-0.2, 0) is 4.74 Å². The van der Waals surface area contributed by atoms with Gasteiger partial charge in [-0.05, 0) is 12.5 Å². The predicted molar refractivity (Wildman–Crippen MR) is 64.5 cm³/mol. The maximum atomic E-state index is 11.6. The van der Waals surface area contributed by atoms with Crippen molar-refractivity contribution in [3.05, 3.63) is 34.4 Å². The molecule has 2 N–H and O–H groups in total. The van der Waals surface area contributed by atoms with E-state index in [2.05, 4.69) is 10.6 Å². The number of anilines is 1. The zero-order valence-corrected chi connectivity index (χ0v) is 9.59. The predicted octanol–water partition coefficient (Wildman–Crippen LogP) is 1.51. The molecule has 2 rings (SSSR count). The molecule has 1 saturated heterocycles. The fraction of sp³-hybridized carbons (Fsp3) is 0.364. The van der Waals surface area contributed by atoms with Gasteiger partial charge in [0.2, 0.25) is 0 Å². The highest BCUT2D eigenvalue weighted by molar-refractivity contribution is 5.89. The minimum absolute atomic E-state index is 0.00342.